The van der Waals surface area contributed by atoms with Gasteiger partial charge in [-0.2, -0.15) is 11.3 Å². The highest BCUT2D eigenvalue weighted by Crippen LogP contribution is 2.34. The summed E-state index contributed by atoms with van der Waals surface area (Å²) in [6, 6.07) is 7.86. The number of rotatable bonds is 6. The van der Waals surface area contributed by atoms with Gasteiger partial charge in [-0.15, -0.1) is 11.8 Å². The van der Waals surface area contributed by atoms with Crippen molar-refractivity contribution in [3.63, 3.8) is 0 Å². The Labute approximate surface area is 160 Å². The van der Waals surface area contributed by atoms with Crippen LogP contribution in [0, 0.1) is 5.82 Å². The van der Waals surface area contributed by atoms with Crippen molar-refractivity contribution in [2.45, 2.75) is 31.1 Å². The minimum absolute atomic E-state index is 0.0817. The number of hydrogen-bond donors (Lipinski definition) is 1. The van der Waals surface area contributed by atoms with Crippen LogP contribution in [-0.2, 0) is 9.59 Å². The van der Waals surface area contributed by atoms with Crippen LogP contribution in [0.2, 0.25) is 0 Å². The lowest BCUT2D eigenvalue weighted by Crippen LogP contribution is -2.36. The second kappa shape index (κ2) is 8.68. The summed E-state index contributed by atoms with van der Waals surface area (Å²) in [4.78, 5) is 26.8. The van der Waals surface area contributed by atoms with Gasteiger partial charge in [0.15, 0.2) is 0 Å². The predicted molar refractivity (Wildman–Crippen MR) is 105 cm³/mol. The number of nitrogens with one attached hydrogen (secondary N) is 1. The zero-order valence-corrected chi connectivity index (χ0v) is 16.1. The third-order valence-corrected chi connectivity index (χ3v) is 6.24. The van der Waals surface area contributed by atoms with E-state index in [9.17, 15) is 14.0 Å². The number of thiophene rings is 1. The molecule has 26 heavy (non-hydrogen) atoms. The number of benzene rings is 1. The Hall–Kier alpha value is -1.86. The molecule has 1 saturated heterocycles. The zero-order chi connectivity index (χ0) is 18.5. The average Bonchev–Trinajstić information content (AvgIpc) is 3.32. The molecule has 4 nitrogen and oxygen atoms in total. The van der Waals surface area contributed by atoms with Crippen LogP contribution in [-0.4, -0.2) is 34.3 Å². The number of anilines is 1. The van der Waals surface area contributed by atoms with E-state index in [0.717, 1.165) is 19.4 Å². The molecule has 2 amide bonds. The first-order valence-corrected chi connectivity index (χ1v) is 10.5. The van der Waals surface area contributed by atoms with Crippen molar-refractivity contribution in [1.82, 2.24) is 4.90 Å². The van der Waals surface area contributed by atoms with Crippen molar-refractivity contribution in [2.75, 3.05) is 17.6 Å². The Morgan fingerprint density at radius 2 is 2.12 bits per heavy atom. The van der Waals surface area contributed by atoms with Gasteiger partial charge in [0.25, 0.3) is 0 Å². The Morgan fingerprint density at radius 3 is 2.81 bits per heavy atom. The highest BCUT2D eigenvalue weighted by Gasteiger charge is 2.32. The molecule has 2 heterocycles. The molecule has 1 N–H and O–H groups in total. The molecule has 1 aromatic carbocycles. The van der Waals surface area contributed by atoms with Gasteiger partial charge in [-0.05, 0) is 66.4 Å². The summed E-state index contributed by atoms with van der Waals surface area (Å²) >= 11 is 2.97. The number of thioether (sulfide) groups is 1. The van der Waals surface area contributed by atoms with E-state index in [0.29, 0.717) is 5.69 Å². The fourth-order valence-corrected chi connectivity index (χ4v) is 4.54. The number of hydrogen-bond acceptors (Lipinski definition) is 4. The summed E-state index contributed by atoms with van der Waals surface area (Å²) in [5, 5.41) is 6.57. The van der Waals surface area contributed by atoms with Crippen LogP contribution >= 0.6 is 23.1 Å². The third-order valence-electron chi connectivity index (χ3n) is 4.40. The van der Waals surface area contributed by atoms with E-state index >= 15 is 0 Å². The average molecular weight is 393 g/mol. The van der Waals surface area contributed by atoms with Crippen LogP contribution in [0.15, 0.2) is 41.1 Å². The molecule has 0 bridgehead atoms. The SMILES string of the molecule is CC(SCC(=O)Nc1ccc(F)cc1)C(=O)N1CCCC1c1ccsc1. The molecule has 1 fully saturated rings. The van der Waals surface area contributed by atoms with E-state index in [1.165, 1.54) is 41.6 Å². The summed E-state index contributed by atoms with van der Waals surface area (Å²) in [5.41, 5.74) is 1.75. The molecule has 0 spiro atoms. The molecule has 1 aromatic heterocycles. The van der Waals surface area contributed by atoms with E-state index < -0.39 is 0 Å². The highest BCUT2D eigenvalue weighted by atomic mass is 32.2. The van der Waals surface area contributed by atoms with Gasteiger partial charge < -0.3 is 10.2 Å². The molecule has 7 heteroatoms. The van der Waals surface area contributed by atoms with Crippen LogP contribution in [0.1, 0.15) is 31.4 Å². The van der Waals surface area contributed by atoms with Gasteiger partial charge >= 0.3 is 0 Å². The van der Waals surface area contributed by atoms with E-state index in [1.807, 2.05) is 17.2 Å². The second-order valence-electron chi connectivity index (χ2n) is 6.25. The van der Waals surface area contributed by atoms with Gasteiger partial charge in [0.2, 0.25) is 11.8 Å². The lowest BCUT2D eigenvalue weighted by atomic mass is 10.1. The first kappa shape index (κ1) is 18.9. The Bertz CT molecular complexity index is 749. The van der Waals surface area contributed by atoms with E-state index in [2.05, 4.69) is 16.8 Å². The van der Waals surface area contributed by atoms with Crippen molar-refractivity contribution in [1.29, 1.82) is 0 Å². The van der Waals surface area contributed by atoms with Crippen molar-refractivity contribution in [2.24, 2.45) is 0 Å². The van der Waals surface area contributed by atoms with Gasteiger partial charge in [-0.1, -0.05) is 0 Å². The maximum absolute atomic E-state index is 12.9. The Balaban J connectivity index is 1.51. The molecule has 1 aliphatic rings. The normalized spacial score (nSPS) is 17.9. The Kier molecular flexibility index (Phi) is 6.32. The topological polar surface area (TPSA) is 49.4 Å². The standard InChI is InChI=1S/C19H21FN2O2S2/c1-13(26-12-18(23)21-16-6-4-15(20)5-7-16)19(24)22-9-2-3-17(22)14-8-10-25-11-14/h4-8,10-11,13,17H,2-3,9,12H2,1H3,(H,21,23). The zero-order valence-electron chi connectivity index (χ0n) is 14.5. The molecular formula is C19H21FN2O2S2. The van der Waals surface area contributed by atoms with Gasteiger partial charge in [-0.25, -0.2) is 4.39 Å². The molecule has 2 aromatic rings. The quantitative estimate of drug-likeness (QED) is 0.797. The first-order valence-electron chi connectivity index (χ1n) is 8.54. The molecule has 0 radical (unpaired) electrons. The molecule has 1 aliphatic heterocycles. The number of carbonyl (C=O) groups excluding carboxylic acids is 2. The number of carbonyl (C=O) groups is 2. The Morgan fingerprint density at radius 1 is 1.35 bits per heavy atom. The minimum Gasteiger partial charge on any atom is -0.335 e. The summed E-state index contributed by atoms with van der Waals surface area (Å²) < 4.78 is 12.9. The molecule has 0 saturated carbocycles. The number of nitrogens with zero attached hydrogens (tertiary/aromatic N) is 1. The second-order valence-corrected chi connectivity index (χ2v) is 8.36. The molecule has 138 valence electrons. The summed E-state index contributed by atoms with van der Waals surface area (Å²) in [5.74, 6) is -0.279. The maximum atomic E-state index is 12.9. The summed E-state index contributed by atoms with van der Waals surface area (Å²) in [6.45, 7) is 2.62. The van der Waals surface area contributed by atoms with Crippen LogP contribution in [0.4, 0.5) is 10.1 Å². The number of amides is 2. The van der Waals surface area contributed by atoms with Gasteiger partial charge in [-0.3, -0.25) is 9.59 Å². The van der Waals surface area contributed by atoms with Crippen LogP contribution in [0.5, 0.6) is 0 Å². The first-order chi connectivity index (χ1) is 12.5. The maximum Gasteiger partial charge on any atom is 0.235 e. The van der Waals surface area contributed by atoms with Crippen molar-refractivity contribution >= 4 is 40.6 Å². The predicted octanol–water partition coefficient (Wildman–Crippen LogP) is 4.31. The molecule has 2 atom stereocenters. The molecule has 2 unspecified atom stereocenters. The molecule has 0 aliphatic carbocycles. The lowest BCUT2D eigenvalue weighted by molar-refractivity contribution is -0.131. The van der Waals surface area contributed by atoms with Crippen molar-refractivity contribution < 1.29 is 14.0 Å². The van der Waals surface area contributed by atoms with Crippen LogP contribution in [0.25, 0.3) is 0 Å². The molecule has 3 rings (SSSR count). The summed E-state index contributed by atoms with van der Waals surface area (Å²) in [7, 11) is 0. The molecular weight excluding hydrogens is 371 g/mol. The summed E-state index contributed by atoms with van der Waals surface area (Å²) in [6.07, 6.45) is 2.00. The fourth-order valence-electron chi connectivity index (χ4n) is 3.08. The smallest absolute Gasteiger partial charge is 0.235 e. The van der Waals surface area contributed by atoms with E-state index in [-0.39, 0.29) is 34.7 Å². The number of halogens is 1. The third kappa shape index (κ3) is 4.65. The van der Waals surface area contributed by atoms with Crippen molar-refractivity contribution in [3.8, 4) is 0 Å². The monoisotopic (exact) mass is 392 g/mol. The van der Waals surface area contributed by atoms with Gasteiger partial charge in [0, 0.05) is 12.2 Å². The number of likely N-dealkylation sites (tertiary alicyclic amines) is 1. The van der Waals surface area contributed by atoms with Crippen LogP contribution in [0.3, 0.4) is 0 Å². The van der Waals surface area contributed by atoms with E-state index in [4.69, 9.17) is 0 Å². The highest BCUT2D eigenvalue weighted by molar-refractivity contribution is 8.01. The fraction of sp³-hybridized carbons (Fsp3) is 0.368. The van der Waals surface area contributed by atoms with E-state index in [1.54, 1.807) is 11.3 Å². The minimum atomic E-state index is -0.345. The largest absolute Gasteiger partial charge is 0.335 e. The van der Waals surface area contributed by atoms with Gasteiger partial charge in [0.05, 0.1) is 17.0 Å². The van der Waals surface area contributed by atoms with Crippen molar-refractivity contribution in [3.05, 3.63) is 52.5 Å². The van der Waals surface area contributed by atoms with Gasteiger partial charge in [0.1, 0.15) is 5.82 Å². The van der Waals surface area contributed by atoms with Crippen LogP contribution < -0.4 is 5.32 Å². The lowest BCUT2D eigenvalue weighted by Gasteiger charge is -2.27.